The zero-order chi connectivity index (χ0) is 18.8. The summed E-state index contributed by atoms with van der Waals surface area (Å²) in [6.07, 6.45) is 0. The number of para-hydroxylation sites is 1. The van der Waals surface area contributed by atoms with E-state index in [-0.39, 0.29) is 5.69 Å². The lowest BCUT2D eigenvalue weighted by atomic mass is 10.1. The van der Waals surface area contributed by atoms with Crippen LogP contribution in [-0.2, 0) is 0 Å². The molecular weight excluding hydrogens is 342 g/mol. The molecule has 0 amide bonds. The summed E-state index contributed by atoms with van der Waals surface area (Å²) in [5.74, 6) is 1.42. The van der Waals surface area contributed by atoms with Gasteiger partial charge in [0, 0.05) is 49.3 Å². The zero-order valence-electron chi connectivity index (χ0n) is 15.2. The number of nitro groups is 1. The molecule has 1 aliphatic rings. The molecule has 0 unspecified atom stereocenters. The Morgan fingerprint density at radius 1 is 1.04 bits per heavy atom. The van der Waals surface area contributed by atoms with Gasteiger partial charge in [0.25, 0.3) is 5.69 Å². The maximum Gasteiger partial charge on any atom is 0.270 e. The molecule has 7 heteroatoms. The van der Waals surface area contributed by atoms with Gasteiger partial charge in [-0.3, -0.25) is 10.1 Å². The van der Waals surface area contributed by atoms with Crippen molar-refractivity contribution in [3.8, 4) is 11.4 Å². The predicted octanol–water partition coefficient (Wildman–Crippen LogP) is 3.35. The number of nitro benzene ring substituents is 1. The van der Waals surface area contributed by atoms with Crippen LogP contribution in [0.5, 0.6) is 0 Å². The first-order valence-corrected chi connectivity index (χ1v) is 9.14. The second-order valence-corrected chi connectivity index (χ2v) is 6.62. The maximum absolute atomic E-state index is 11.1. The van der Waals surface area contributed by atoms with Crippen molar-refractivity contribution in [3.05, 3.63) is 58.6 Å². The third-order valence-electron chi connectivity index (χ3n) is 5.02. The fraction of sp³-hybridized carbons (Fsp3) is 0.300. The number of non-ortho nitro benzene ring substituents is 1. The average Bonchev–Trinajstić information content (AvgIpc) is 2.73. The highest BCUT2D eigenvalue weighted by Gasteiger charge is 2.20. The van der Waals surface area contributed by atoms with Crippen LogP contribution in [0.25, 0.3) is 22.3 Å². The van der Waals surface area contributed by atoms with E-state index in [4.69, 9.17) is 4.98 Å². The topological polar surface area (TPSA) is 75.4 Å². The first-order chi connectivity index (χ1) is 13.2. The summed E-state index contributed by atoms with van der Waals surface area (Å²) in [6.45, 7) is 7.04. The second kappa shape index (κ2) is 7.28. The van der Waals surface area contributed by atoms with Crippen molar-refractivity contribution < 1.29 is 4.92 Å². The monoisotopic (exact) mass is 363 g/mol. The van der Waals surface area contributed by atoms with Gasteiger partial charge in [0.1, 0.15) is 5.82 Å². The van der Waals surface area contributed by atoms with Crippen LogP contribution in [0.3, 0.4) is 0 Å². The normalized spacial score (nSPS) is 15.2. The van der Waals surface area contributed by atoms with Crippen molar-refractivity contribution in [3.63, 3.8) is 0 Å². The molecule has 2 aromatic carbocycles. The van der Waals surface area contributed by atoms with Gasteiger partial charge in [-0.15, -0.1) is 0 Å². The summed E-state index contributed by atoms with van der Waals surface area (Å²) in [5.41, 5.74) is 1.55. The molecule has 0 spiro atoms. The Hall–Kier alpha value is -3.06. The zero-order valence-corrected chi connectivity index (χ0v) is 15.2. The summed E-state index contributed by atoms with van der Waals surface area (Å²) in [7, 11) is 0. The van der Waals surface area contributed by atoms with Crippen LogP contribution >= 0.6 is 0 Å². The van der Waals surface area contributed by atoms with Gasteiger partial charge in [0.15, 0.2) is 5.82 Å². The van der Waals surface area contributed by atoms with Crippen molar-refractivity contribution >= 4 is 22.4 Å². The van der Waals surface area contributed by atoms with Gasteiger partial charge in [-0.05, 0) is 18.7 Å². The second-order valence-electron chi connectivity index (χ2n) is 6.62. The molecule has 0 saturated carbocycles. The molecule has 3 aromatic rings. The number of rotatable bonds is 4. The van der Waals surface area contributed by atoms with Gasteiger partial charge >= 0.3 is 0 Å². The lowest BCUT2D eigenvalue weighted by Crippen LogP contribution is -2.46. The van der Waals surface area contributed by atoms with Gasteiger partial charge in [-0.2, -0.15) is 0 Å². The average molecular weight is 363 g/mol. The number of hydrogen-bond acceptors (Lipinski definition) is 6. The number of piperazine rings is 1. The largest absolute Gasteiger partial charge is 0.353 e. The van der Waals surface area contributed by atoms with Crippen molar-refractivity contribution in [2.45, 2.75) is 6.92 Å². The molecule has 0 radical (unpaired) electrons. The van der Waals surface area contributed by atoms with Gasteiger partial charge < -0.3 is 9.80 Å². The quantitative estimate of drug-likeness (QED) is 0.523. The number of aromatic nitrogens is 2. The Balaban J connectivity index is 1.79. The molecule has 138 valence electrons. The Morgan fingerprint density at radius 3 is 2.56 bits per heavy atom. The maximum atomic E-state index is 11.1. The van der Waals surface area contributed by atoms with E-state index in [0.717, 1.165) is 49.4 Å². The molecule has 0 bridgehead atoms. The number of nitrogens with zero attached hydrogens (tertiary/aromatic N) is 5. The molecule has 27 heavy (non-hydrogen) atoms. The first kappa shape index (κ1) is 17.4. The first-order valence-electron chi connectivity index (χ1n) is 9.14. The summed E-state index contributed by atoms with van der Waals surface area (Å²) < 4.78 is 0. The Labute approximate surface area is 157 Å². The minimum absolute atomic E-state index is 0.0439. The van der Waals surface area contributed by atoms with E-state index in [2.05, 4.69) is 21.7 Å². The van der Waals surface area contributed by atoms with Gasteiger partial charge in [0.05, 0.1) is 10.4 Å². The van der Waals surface area contributed by atoms with Crippen molar-refractivity contribution in [2.75, 3.05) is 37.6 Å². The lowest BCUT2D eigenvalue weighted by Gasteiger charge is -2.35. The van der Waals surface area contributed by atoms with Crippen molar-refractivity contribution in [2.24, 2.45) is 0 Å². The molecule has 1 saturated heterocycles. The fourth-order valence-electron chi connectivity index (χ4n) is 3.46. The fourth-order valence-corrected chi connectivity index (χ4v) is 3.46. The van der Waals surface area contributed by atoms with Gasteiger partial charge in [-0.1, -0.05) is 31.2 Å². The lowest BCUT2D eigenvalue weighted by molar-refractivity contribution is -0.384. The van der Waals surface area contributed by atoms with Crippen LogP contribution in [0.15, 0.2) is 48.5 Å². The number of hydrogen-bond donors (Lipinski definition) is 0. The number of benzene rings is 2. The highest BCUT2D eigenvalue weighted by atomic mass is 16.6. The number of anilines is 1. The predicted molar refractivity (Wildman–Crippen MR) is 106 cm³/mol. The smallest absolute Gasteiger partial charge is 0.270 e. The molecule has 0 aliphatic carbocycles. The summed E-state index contributed by atoms with van der Waals surface area (Å²) in [4.78, 5) is 24.9. The molecular formula is C20H21N5O2. The highest BCUT2D eigenvalue weighted by Crippen LogP contribution is 2.29. The number of fused-ring (bicyclic) bond motifs is 1. The van der Waals surface area contributed by atoms with E-state index in [0.29, 0.717) is 11.4 Å². The van der Waals surface area contributed by atoms with Crippen LogP contribution in [0.4, 0.5) is 11.5 Å². The molecule has 0 N–H and O–H groups in total. The molecule has 4 rings (SSSR count). The SMILES string of the molecule is CCN1CCN(c2nc(-c3cccc([N+](=O)[O-])c3)nc3ccccc23)CC1. The van der Waals surface area contributed by atoms with Crippen LogP contribution < -0.4 is 4.90 Å². The van der Waals surface area contributed by atoms with E-state index in [1.54, 1.807) is 6.07 Å². The van der Waals surface area contributed by atoms with Crippen molar-refractivity contribution in [1.82, 2.24) is 14.9 Å². The van der Waals surface area contributed by atoms with Crippen LogP contribution in [0, 0.1) is 10.1 Å². The third kappa shape index (κ3) is 3.46. The summed E-state index contributed by atoms with van der Waals surface area (Å²) in [5, 5.41) is 12.1. The van der Waals surface area contributed by atoms with E-state index < -0.39 is 4.92 Å². The molecule has 1 aromatic heterocycles. The van der Waals surface area contributed by atoms with Gasteiger partial charge in [0.2, 0.25) is 0 Å². The molecule has 0 atom stereocenters. The Kier molecular flexibility index (Phi) is 4.68. The molecule has 7 nitrogen and oxygen atoms in total. The summed E-state index contributed by atoms with van der Waals surface area (Å²) in [6, 6.07) is 14.4. The van der Waals surface area contributed by atoms with Crippen LogP contribution in [0.1, 0.15) is 6.92 Å². The summed E-state index contributed by atoms with van der Waals surface area (Å²) >= 11 is 0. The van der Waals surface area contributed by atoms with Crippen LogP contribution in [0.2, 0.25) is 0 Å². The van der Waals surface area contributed by atoms with Crippen molar-refractivity contribution in [1.29, 1.82) is 0 Å². The molecule has 1 fully saturated rings. The van der Waals surface area contributed by atoms with E-state index in [9.17, 15) is 10.1 Å². The molecule has 1 aliphatic heterocycles. The minimum atomic E-state index is -0.393. The Morgan fingerprint density at radius 2 is 1.81 bits per heavy atom. The number of likely N-dealkylation sites (N-methyl/N-ethyl adjacent to an activating group) is 1. The Bertz CT molecular complexity index is 983. The minimum Gasteiger partial charge on any atom is -0.353 e. The third-order valence-corrected chi connectivity index (χ3v) is 5.02. The van der Waals surface area contributed by atoms with Gasteiger partial charge in [-0.25, -0.2) is 9.97 Å². The standard InChI is InChI=1S/C20H21N5O2/c1-2-23-10-12-24(13-11-23)20-17-8-3-4-9-18(17)21-19(22-20)15-6-5-7-16(14-15)25(26)27/h3-9,14H,2,10-13H2,1H3. The van der Waals surface area contributed by atoms with E-state index >= 15 is 0 Å². The van der Waals surface area contributed by atoms with E-state index in [1.807, 2.05) is 30.3 Å². The highest BCUT2D eigenvalue weighted by molar-refractivity contribution is 5.91. The van der Waals surface area contributed by atoms with E-state index in [1.165, 1.54) is 12.1 Å². The van der Waals surface area contributed by atoms with Crippen LogP contribution in [-0.4, -0.2) is 52.5 Å². The molecule has 2 heterocycles.